The van der Waals surface area contributed by atoms with Crippen LogP contribution < -0.4 is 0 Å². The summed E-state index contributed by atoms with van der Waals surface area (Å²) < 4.78 is 5.40. The van der Waals surface area contributed by atoms with Crippen LogP contribution in [0.2, 0.25) is 0 Å². The Balaban J connectivity index is 2.44. The van der Waals surface area contributed by atoms with Gasteiger partial charge in [-0.2, -0.15) is 0 Å². The second kappa shape index (κ2) is 5.47. The smallest absolute Gasteiger partial charge is 0.320 e. The van der Waals surface area contributed by atoms with Crippen molar-refractivity contribution in [3.05, 3.63) is 0 Å². The lowest BCUT2D eigenvalue weighted by Crippen LogP contribution is -2.37. The highest BCUT2D eigenvalue weighted by atomic mass is 16.5. The Morgan fingerprint density at radius 3 is 2.80 bits per heavy atom. The van der Waals surface area contributed by atoms with Crippen LogP contribution in [0.25, 0.3) is 0 Å². The van der Waals surface area contributed by atoms with Gasteiger partial charge in [0.05, 0.1) is 6.61 Å². The van der Waals surface area contributed by atoms with Crippen molar-refractivity contribution in [2.45, 2.75) is 26.8 Å². The van der Waals surface area contributed by atoms with E-state index in [0.717, 1.165) is 26.3 Å². The van der Waals surface area contributed by atoms with E-state index in [1.54, 1.807) is 6.92 Å². The Labute approximate surface area is 91.2 Å². The van der Waals surface area contributed by atoms with Gasteiger partial charge in [0.1, 0.15) is 6.04 Å². The second-order valence-corrected chi connectivity index (χ2v) is 4.36. The molecule has 15 heavy (non-hydrogen) atoms. The van der Waals surface area contributed by atoms with Crippen LogP contribution in [0, 0.1) is 11.8 Å². The van der Waals surface area contributed by atoms with Gasteiger partial charge < -0.3 is 9.84 Å². The summed E-state index contributed by atoms with van der Waals surface area (Å²) in [6, 6.07) is -0.376. The highest BCUT2D eigenvalue weighted by Crippen LogP contribution is 2.24. The Morgan fingerprint density at radius 1 is 1.60 bits per heavy atom. The molecule has 1 aliphatic heterocycles. The van der Waals surface area contributed by atoms with E-state index in [1.165, 1.54) is 0 Å². The summed E-state index contributed by atoms with van der Waals surface area (Å²) >= 11 is 0. The number of nitrogens with zero attached hydrogens (tertiary/aromatic N) is 1. The molecule has 0 bridgehead atoms. The van der Waals surface area contributed by atoms with Crippen molar-refractivity contribution in [1.29, 1.82) is 0 Å². The van der Waals surface area contributed by atoms with Crippen molar-refractivity contribution < 1.29 is 14.6 Å². The molecule has 0 radical (unpaired) electrons. The fraction of sp³-hybridized carbons (Fsp3) is 0.909. The van der Waals surface area contributed by atoms with Crippen molar-refractivity contribution in [3.63, 3.8) is 0 Å². The summed E-state index contributed by atoms with van der Waals surface area (Å²) in [6.45, 7) is 9.09. The molecule has 1 saturated heterocycles. The summed E-state index contributed by atoms with van der Waals surface area (Å²) in [7, 11) is 0. The van der Waals surface area contributed by atoms with Crippen molar-refractivity contribution in [1.82, 2.24) is 4.90 Å². The van der Waals surface area contributed by atoms with Gasteiger partial charge in [-0.05, 0) is 25.7 Å². The Bertz CT molecular complexity index is 220. The zero-order valence-electron chi connectivity index (χ0n) is 9.77. The van der Waals surface area contributed by atoms with Crippen LogP contribution in [0.1, 0.15) is 20.8 Å². The molecule has 1 rings (SSSR count). The molecule has 0 amide bonds. The van der Waals surface area contributed by atoms with Gasteiger partial charge in [-0.1, -0.05) is 6.92 Å². The number of ether oxygens (including phenoxy) is 1. The van der Waals surface area contributed by atoms with Crippen molar-refractivity contribution >= 4 is 5.97 Å². The molecule has 1 N–H and O–H groups in total. The summed E-state index contributed by atoms with van der Waals surface area (Å²) in [5, 5.41) is 8.92. The van der Waals surface area contributed by atoms with Crippen LogP contribution in [-0.2, 0) is 9.53 Å². The lowest BCUT2D eigenvalue weighted by atomic mass is 9.99. The molecule has 1 aliphatic rings. The SMILES string of the molecule is CCOCC1CN(C(C)C(=O)O)CC1C. The topological polar surface area (TPSA) is 49.8 Å². The molecule has 0 saturated carbocycles. The highest BCUT2D eigenvalue weighted by Gasteiger charge is 2.34. The molecule has 3 atom stereocenters. The highest BCUT2D eigenvalue weighted by molar-refractivity contribution is 5.72. The van der Waals surface area contributed by atoms with Gasteiger partial charge >= 0.3 is 5.97 Å². The third-order valence-corrected chi connectivity index (χ3v) is 3.24. The van der Waals surface area contributed by atoms with E-state index in [4.69, 9.17) is 9.84 Å². The van der Waals surface area contributed by atoms with Crippen LogP contribution >= 0.6 is 0 Å². The third kappa shape index (κ3) is 3.18. The average molecular weight is 215 g/mol. The van der Waals surface area contributed by atoms with Gasteiger partial charge in [-0.3, -0.25) is 9.69 Å². The number of carboxylic acids is 1. The lowest BCUT2D eigenvalue weighted by Gasteiger charge is -2.20. The first kappa shape index (κ1) is 12.5. The molecule has 0 aromatic carbocycles. The minimum Gasteiger partial charge on any atom is -0.480 e. The molecule has 0 aromatic heterocycles. The Morgan fingerprint density at radius 2 is 2.27 bits per heavy atom. The zero-order valence-corrected chi connectivity index (χ0v) is 9.77. The van der Waals surface area contributed by atoms with Crippen molar-refractivity contribution in [2.24, 2.45) is 11.8 Å². The summed E-state index contributed by atoms with van der Waals surface area (Å²) in [6.07, 6.45) is 0. The van der Waals surface area contributed by atoms with E-state index in [1.807, 2.05) is 11.8 Å². The predicted molar refractivity (Wildman–Crippen MR) is 57.8 cm³/mol. The standard InChI is InChI=1S/C11H21NO3/c1-4-15-7-10-6-12(5-8(10)2)9(3)11(13)14/h8-10H,4-7H2,1-3H3,(H,13,14). The van der Waals surface area contributed by atoms with Gasteiger partial charge in [0, 0.05) is 19.7 Å². The Kier molecular flexibility index (Phi) is 4.54. The minimum absolute atomic E-state index is 0.376. The third-order valence-electron chi connectivity index (χ3n) is 3.24. The summed E-state index contributed by atoms with van der Waals surface area (Å²) in [4.78, 5) is 12.9. The molecule has 0 aliphatic carbocycles. The number of carbonyl (C=O) groups is 1. The van der Waals surface area contributed by atoms with Crippen LogP contribution in [-0.4, -0.2) is 48.3 Å². The molecule has 1 fully saturated rings. The van der Waals surface area contributed by atoms with Crippen LogP contribution in [0.15, 0.2) is 0 Å². The van der Waals surface area contributed by atoms with E-state index >= 15 is 0 Å². The molecule has 0 aromatic rings. The molecule has 4 nitrogen and oxygen atoms in total. The summed E-state index contributed by atoms with van der Waals surface area (Å²) in [5.74, 6) is 0.268. The summed E-state index contributed by atoms with van der Waals surface area (Å²) in [5.41, 5.74) is 0. The van der Waals surface area contributed by atoms with Gasteiger partial charge in [0.2, 0.25) is 0 Å². The average Bonchev–Trinajstić information content (AvgIpc) is 2.55. The first-order valence-corrected chi connectivity index (χ1v) is 5.60. The molecule has 1 heterocycles. The fourth-order valence-corrected chi connectivity index (χ4v) is 2.03. The van der Waals surface area contributed by atoms with E-state index in [-0.39, 0.29) is 6.04 Å². The van der Waals surface area contributed by atoms with Gasteiger partial charge in [0.25, 0.3) is 0 Å². The first-order valence-electron chi connectivity index (χ1n) is 5.60. The fourth-order valence-electron chi connectivity index (χ4n) is 2.03. The first-order chi connectivity index (χ1) is 7.06. The maximum absolute atomic E-state index is 10.8. The van der Waals surface area contributed by atoms with Crippen LogP contribution in [0.3, 0.4) is 0 Å². The van der Waals surface area contributed by atoms with E-state index < -0.39 is 5.97 Å². The van der Waals surface area contributed by atoms with E-state index in [0.29, 0.717) is 11.8 Å². The molecular formula is C11H21NO3. The van der Waals surface area contributed by atoms with Crippen LogP contribution in [0.4, 0.5) is 0 Å². The number of carboxylic acid groups (broad SMARTS) is 1. The Hall–Kier alpha value is -0.610. The largest absolute Gasteiger partial charge is 0.480 e. The number of hydrogen-bond donors (Lipinski definition) is 1. The zero-order chi connectivity index (χ0) is 11.4. The number of hydrogen-bond acceptors (Lipinski definition) is 3. The van der Waals surface area contributed by atoms with Crippen molar-refractivity contribution in [3.8, 4) is 0 Å². The molecule has 3 unspecified atom stereocenters. The van der Waals surface area contributed by atoms with Gasteiger partial charge in [-0.25, -0.2) is 0 Å². The number of likely N-dealkylation sites (tertiary alicyclic amines) is 1. The van der Waals surface area contributed by atoms with Crippen LogP contribution in [0.5, 0.6) is 0 Å². The van der Waals surface area contributed by atoms with E-state index in [2.05, 4.69) is 6.92 Å². The minimum atomic E-state index is -0.737. The van der Waals surface area contributed by atoms with Gasteiger partial charge in [0.15, 0.2) is 0 Å². The second-order valence-electron chi connectivity index (χ2n) is 4.36. The quantitative estimate of drug-likeness (QED) is 0.745. The lowest BCUT2D eigenvalue weighted by molar-refractivity contribution is -0.142. The number of aliphatic carboxylic acids is 1. The monoisotopic (exact) mass is 215 g/mol. The predicted octanol–water partition coefficient (Wildman–Crippen LogP) is 1.06. The van der Waals surface area contributed by atoms with Gasteiger partial charge in [-0.15, -0.1) is 0 Å². The maximum Gasteiger partial charge on any atom is 0.320 e. The van der Waals surface area contributed by atoms with Crippen molar-refractivity contribution in [2.75, 3.05) is 26.3 Å². The molecule has 88 valence electrons. The number of rotatable bonds is 5. The normalized spacial score (nSPS) is 29.3. The molecule has 0 spiro atoms. The maximum atomic E-state index is 10.8. The molecular weight excluding hydrogens is 194 g/mol. The van der Waals surface area contributed by atoms with E-state index in [9.17, 15) is 4.79 Å². The molecule has 4 heteroatoms.